The fraction of sp³-hybridized carbons (Fsp3) is 0.800. The van der Waals surface area contributed by atoms with E-state index in [1.807, 2.05) is 0 Å². The molecule has 1 amide bonds. The number of carbonyl (C=O) groups excluding carboxylic acids is 1. The molecule has 0 heterocycles. The van der Waals surface area contributed by atoms with E-state index in [0.717, 1.165) is 25.0 Å². The molecule has 2 aliphatic carbocycles. The molecule has 2 nitrogen and oxygen atoms in total. The molecule has 0 unspecified atom stereocenters. The molecule has 0 aromatic heterocycles. The smallest absolute Gasteiger partial charge is 0.246 e. The number of nitrogens with one attached hydrogen (secondary N) is 1. The predicted octanol–water partition coefficient (Wildman–Crippen LogP) is 3.43. The summed E-state index contributed by atoms with van der Waals surface area (Å²) in [4.78, 5) is 12.0. The highest BCUT2D eigenvalue weighted by atomic mass is 16.1. The Balaban J connectivity index is 1.85. The number of allylic oxidation sites excluding steroid dienone is 1. The van der Waals surface area contributed by atoms with Crippen LogP contribution in [0.1, 0.15) is 58.8 Å². The highest BCUT2D eigenvalue weighted by Gasteiger charge is 2.37. The first-order valence-corrected chi connectivity index (χ1v) is 7.09. The van der Waals surface area contributed by atoms with E-state index in [9.17, 15) is 4.79 Å². The molecule has 0 aliphatic heterocycles. The molecule has 0 aromatic rings. The van der Waals surface area contributed by atoms with Crippen molar-refractivity contribution in [3.05, 3.63) is 11.6 Å². The molecular formula is C15H25NO. The predicted molar refractivity (Wildman–Crippen MR) is 70.7 cm³/mol. The molecule has 0 saturated heterocycles. The number of amides is 1. The van der Waals surface area contributed by atoms with E-state index in [-0.39, 0.29) is 5.91 Å². The van der Waals surface area contributed by atoms with Crippen LogP contribution in [0.3, 0.4) is 0 Å². The third kappa shape index (κ3) is 3.11. The first kappa shape index (κ1) is 12.7. The van der Waals surface area contributed by atoms with E-state index in [1.165, 1.54) is 32.1 Å². The lowest BCUT2D eigenvalue weighted by atomic mass is 9.72. The second-order valence-corrected chi connectivity index (χ2v) is 6.27. The van der Waals surface area contributed by atoms with Crippen molar-refractivity contribution in [2.24, 2.45) is 11.3 Å². The van der Waals surface area contributed by atoms with Gasteiger partial charge in [-0.3, -0.25) is 4.79 Å². The first-order valence-electron chi connectivity index (χ1n) is 7.09. The van der Waals surface area contributed by atoms with Crippen LogP contribution in [0.2, 0.25) is 0 Å². The molecular weight excluding hydrogens is 210 g/mol. The molecule has 0 aromatic carbocycles. The van der Waals surface area contributed by atoms with Crippen molar-refractivity contribution in [2.75, 3.05) is 6.54 Å². The van der Waals surface area contributed by atoms with Gasteiger partial charge in [-0.05, 0) is 37.0 Å². The van der Waals surface area contributed by atoms with E-state index in [4.69, 9.17) is 0 Å². The third-order valence-corrected chi connectivity index (χ3v) is 4.22. The minimum absolute atomic E-state index is 0.182. The summed E-state index contributed by atoms with van der Waals surface area (Å²) < 4.78 is 0. The topological polar surface area (TPSA) is 29.1 Å². The number of carbonyl (C=O) groups is 1. The maximum Gasteiger partial charge on any atom is 0.246 e. The van der Waals surface area contributed by atoms with Crippen molar-refractivity contribution in [1.29, 1.82) is 0 Å². The molecule has 2 aliphatic rings. The summed E-state index contributed by atoms with van der Waals surface area (Å²) in [6, 6.07) is 0. The van der Waals surface area contributed by atoms with Crippen LogP contribution >= 0.6 is 0 Å². The van der Waals surface area contributed by atoms with Crippen LogP contribution in [0.15, 0.2) is 11.6 Å². The second kappa shape index (κ2) is 5.24. The molecule has 0 atom stereocenters. The zero-order chi connectivity index (χ0) is 12.3. The van der Waals surface area contributed by atoms with Gasteiger partial charge in [0.05, 0.1) is 0 Å². The highest BCUT2D eigenvalue weighted by molar-refractivity contribution is 5.94. The first-order chi connectivity index (χ1) is 8.11. The molecule has 0 bridgehead atoms. The standard InChI is InChI=1S/C15H25NO/c1-12(2)11-16-14(17)13-6-9-15(10-13)7-4-3-5-8-15/h6,12H,3-5,7-11H2,1-2H3,(H,16,17). The Kier molecular flexibility index (Phi) is 3.90. The van der Waals surface area contributed by atoms with E-state index in [1.54, 1.807) is 0 Å². The molecule has 1 spiro atoms. The average molecular weight is 235 g/mol. The van der Waals surface area contributed by atoms with Crippen LogP contribution in [0.5, 0.6) is 0 Å². The van der Waals surface area contributed by atoms with Crippen molar-refractivity contribution in [3.63, 3.8) is 0 Å². The Morgan fingerprint density at radius 1 is 1.35 bits per heavy atom. The second-order valence-electron chi connectivity index (χ2n) is 6.27. The monoisotopic (exact) mass is 235 g/mol. The summed E-state index contributed by atoms with van der Waals surface area (Å²) in [5, 5.41) is 3.04. The van der Waals surface area contributed by atoms with Crippen molar-refractivity contribution in [2.45, 2.75) is 58.8 Å². The van der Waals surface area contributed by atoms with Gasteiger partial charge < -0.3 is 5.32 Å². The summed E-state index contributed by atoms with van der Waals surface area (Å²) in [6.45, 7) is 5.06. The summed E-state index contributed by atoms with van der Waals surface area (Å²) in [6.07, 6.45) is 11.1. The van der Waals surface area contributed by atoms with E-state index in [0.29, 0.717) is 11.3 Å². The Hall–Kier alpha value is -0.790. The number of hydrogen-bond acceptors (Lipinski definition) is 1. The molecule has 0 radical (unpaired) electrons. The summed E-state index contributed by atoms with van der Waals surface area (Å²) >= 11 is 0. The Bertz CT molecular complexity index is 311. The minimum atomic E-state index is 0.182. The number of rotatable bonds is 3. The van der Waals surface area contributed by atoms with Gasteiger partial charge in [-0.1, -0.05) is 39.2 Å². The van der Waals surface area contributed by atoms with Crippen LogP contribution in [0.25, 0.3) is 0 Å². The summed E-state index contributed by atoms with van der Waals surface area (Å²) in [5.74, 6) is 0.714. The van der Waals surface area contributed by atoms with E-state index >= 15 is 0 Å². The Morgan fingerprint density at radius 2 is 2.06 bits per heavy atom. The van der Waals surface area contributed by atoms with Gasteiger partial charge in [-0.15, -0.1) is 0 Å². The van der Waals surface area contributed by atoms with E-state index < -0.39 is 0 Å². The Labute approximate surface area is 105 Å². The lowest BCUT2D eigenvalue weighted by Crippen LogP contribution is -2.29. The fourth-order valence-corrected chi connectivity index (χ4v) is 3.15. The van der Waals surface area contributed by atoms with E-state index in [2.05, 4.69) is 25.2 Å². The highest BCUT2D eigenvalue weighted by Crippen LogP contribution is 2.48. The van der Waals surface area contributed by atoms with Gasteiger partial charge in [-0.2, -0.15) is 0 Å². The molecule has 2 heteroatoms. The van der Waals surface area contributed by atoms with Gasteiger partial charge in [0.15, 0.2) is 0 Å². The summed E-state index contributed by atoms with van der Waals surface area (Å²) in [7, 11) is 0. The van der Waals surface area contributed by atoms with Crippen LogP contribution in [-0.4, -0.2) is 12.5 Å². The number of hydrogen-bond donors (Lipinski definition) is 1. The minimum Gasteiger partial charge on any atom is -0.352 e. The van der Waals surface area contributed by atoms with Gasteiger partial charge in [0.1, 0.15) is 0 Å². The van der Waals surface area contributed by atoms with Crippen molar-refractivity contribution in [1.82, 2.24) is 5.32 Å². The zero-order valence-electron chi connectivity index (χ0n) is 11.2. The SMILES string of the molecule is CC(C)CNC(=O)C1=CCC2(CCCCC2)C1. The molecule has 1 N–H and O–H groups in total. The average Bonchev–Trinajstić information content (AvgIpc) is 2.71. The molecule has 96 valence electrons. The zero-order valence-corrected chi connectivity index (χ0v) is 11.2. The molecule has 2 rings (SSSR count). The van der Waals surface area contributed by atoms with Crippen molar-refractivity contribution in [3.8, 4) is 0 Å². The maximum atomic E-state index is 12.0. The van der Waals surface area contributed by atoms with Crippen LogP contribution in [-0.2, 0) is 4.79 Å². The van der Waals surface area contributed by atoms with Crippen molar-refractivity contribution < 1.29 is 4.79 Å². The fourth-order valence-electron chi connectivity index (χ4n) is 3.15. The maximum absolute atomic E-state index is 12.0. The lowest BCUT2D eigenvalue weighted by molar-refractivity contribution is -0.117. The molecule has 1 fully saturated rings. The molecule has 1 saturated carbocycles. The van der Waals surface area contributed by atoms with Crippen LogP contribution in [0.4, 0.5) is 0 Å². The quantitative estimate of drug-likeness (QED) is 0.798. The van der Waals surface area contributed by atoms with Gasteiger partial charge in [0, 0.05) is 12.1 Å². The normalized spacial score (nSPS) is 22.9. The van der Waals surface area contributed by atoms with Crippen LogP contribution < -0.4 is 5.32 Å². The third-order valence-electron chi connectivity index (χ3n) is 4.22. The largest absolute Gasteiger partial charge is 0.352 e. The van der Waals surface area contributed by atoms with Gasteiger partial charge in [0.25, 0.3) is 0 Å². The van der Waals surface area contributed by atoms with Gasteiger partial charge in [0.2, 0.25) is 5.91 Å². The van der Waals surface area contributed by atoms with Gasteiger partial charge in [-0.25, -0.2) is 0 Å². The summed E-state index contributed by atoms with van der Waals surface area (Å²) in [5.41, 5.74) is 1.51. The lowest BCUT2D eigenvalue weighted by Gasteiger charge is -2.33. The molecule has 17 heavy (non-hydrogen) atoms. The van der Waals surface area contributed by atoms with Crippen LogP contribution in [0, 0.1) is 11.3 Å². The Morgan fingerprint density at radius 3 is 2.71 bits per heavy atom. The van der Waals surface area contributed by atoms with Crippen molar-refractivity contribution >= 4 is 5.91 Å². The van der Waals surface area contributed by atoms with Gasteiger partial charge >= 0.3 is 0 Å².